The molecule has 0 unspecified atom stereocenters. The van der Waals surface area contributed by atoms with Crippen LogP contribution >= 0.6 is 11.3 Å². The Morgan fingerprint density at radius 3 is 2.52 bits per heavy atom. The van der Waals surface area contributed by atoms with E-state index in [0.29, 0.717) is 25.6 Å². The van der Waals surface area contributed by atoms with Crippen molar-refractivity contribution in [3.05, 3.63) is 45.9 Å². The second-order valence-electron chi connectivity index (χ2n) is 8.02. The maximum atomic E-state index is 12.2. The highest BCUT2D eigenvalue weighted by atomic mass is 32.1. The Morgan fingerprint density at radius 2 is 1.89 bits per heavy atom. The van der Waals surface area contributed by atoms with Crippen molar-refractivity contribution in [3.8, 4) is 5.75 Å². The minimum atomic E-state index is -0.449. The molecule has 1 aromatic carbocycles. The first-order valence-electron chi connectivity index (χ1n) is 9.42. The van der Waals surface area contributed by atoms with Gasteiger partial charge in [0.05, 0.1) is 10.7 Å². The lowest BCUT2D eigenvalue weighted by Crippen LogP contribution is -2.41. The minimum absolute atomic E-state index is 0.215. The van der Waals surface area contributed by atoms with Crippen LogP contribution in [0.25, 0.3) is 0 Å². The average molecular weight is 389 g/mol. The van der Waals surface area contributed by atoms with Crippen LogP contribution in [0.5, 0.6) is 5.75 Å². The van der Waals surface area contributed by atoms with Crippen LogP contribution in [0.1, 0.15) is 55.8 Å². The van der Waals surface area contributed by atoms with Gasteiger partial charge in [-0.1, -0.05) is 17.7 Å². The number of benzene rings is 1. The zero-order valence-electron chi connectivity index (χ0n) is 16.5. The van der Waals surface area contributed by atoms with E-state index in [1.54, 1.807) is 16.2 Å². The highest BCUT2D eigenvalue weighted by Gasteiger charge is 2.28. The predicted octanol–water partition coefficient (Wildman–Crippen LogP) is 5.15. The van der Waals surface area contributed by atoms with E-state index >= 15 is 0 Å². The Kier molecular flexibility index (Phi) is 6.05. The van der Waals surface area contributed by atoms with Gasteiger partial charge in [0.1, 0.15) is 18.0 Å². The largest absolute Gasteiger partial charge is 0.487 e. The third-order valence-electron chi connectivity index (χ3n) is 4.47. The fourth-order valence-corrected chi connectivity index (χ4v) is 3.98. The molecule has 0 spiro atoms. The molecule has 5 nitrogen and oxygen atoms in total. The van der Waals surface area contributed by atoms with Gasteiger partial charge in [-0.3, -0.25) is 0 Å². The average Bonchev–Trinajstić information content (AvgIpc) is 3.09. The third kappa shape index (κ3) is 5.70. The summed E-state index contributed by atoms with van der Waals surface area (Å²) in [5.74, 6) is 1.27. The number of amides is 1. The normalized spacial score (nSPS) is 15.6. The second-order valence-corrected chi connectivity index (χ2v) is 8.91. The molecule has 3 rings (SSSR count). The molecule has 0 aliphatic carbocycles. The summed E-state index contributed by atoms with van der Waals surface area (Å²) in [5.41, 5.74) is 1.73. The first-order valence-corrected chi connectivity index (χ1v) is 10.3. The van der Waals surface area contributed by atoms with Crippen LogP contribution in [0.4, 0.5) is 4.79 Å². The molecule has 6 heteroatoms. The van der Waals surface area contributed by atoms with Gasteiger partial charge in [0, 0.05) is 24.4 Å². The number of carbonyl (C=O) groups is 1. The highest BCUT2D eigenvalue weighted by Crippen LogP contribution is 2.31. The number of ether oxygens (including phenoxy) is 2. The molecular weight excluding hydrogens is 360 g/mol. The lowest BCUT2D eigenvalue weighted by Gasteiger charge is -2.32. The fourth-order valence-electron chi connectivity index (χ4n) is 3.00. The SMILES string of the molecule is Cc1ccc(OCc2csc(C3CCN(C(=O)OC(C)(C)C)CC3)n2)cc1. The Morgan fingerprint density at radius 1 is 1.22 bits per heavy atom. The van der Waals surface area contributed by atoms with Gasteiger partial charge in [0.2, 0.25) is 0 Å². The summed E-state index contributed by atoms with van der Waals surface area (Å²) in [7, 11) is 0. The van der Waals surface area contributed by atoms with Crippen LogP contribution in [-0.2, 0) is 11.3 Å². The third-order valence-corrected chi connectivity index (χ3v) is 5.53. The summed E-state index contributed by atoms with van der Waals surface area (Å²) >= 11 is 1.69. The number of likely N-dealkylation sites (tertiary alicyclic amines) is 1. The number of nitrogens with zero attached hydrogens (tertiary/aromatic N) is 2. The Hall–Kier alpha value is -2.08. The van der Waals surface area contributed by atoms with E-state index in [1.165, 1.54) is 5.56 Å². The number of piperidine rings is 1. The van der Waals surface area contributed by atoms with E-state index in [0.717, 1.165) is 29.3 Å². The van der Waals surface area contributed by atoms with E-state index < -0.39 is 5.60 Å². The quantitative estimate of drug-likeness (QED) is 0.727. The Balaban J connectivity index is 1.49. The van der Waals surface area contributed by atoms with Gasteiger partial charge in [0.25, 0.3) is 0 Å². The van der Waals surface area contributed by atoms with Crippen molar-refractivity contribution < 1.29 is 14.3 Å². The molecule has 1 amide bonds. The molecule has 1 saturated heterocycles. The maximum absolute atomic E-state index is 12.2. The van der Waals surface area contributed by atoms with Gasteiger partial charge >= 0.3 is 6.09 Å². The second kappa shape index (κ2) is 8.30. The Labute approximate surface area is 165 Å². The molecule has 0 N–H and O–H groups in total. The lowest BCUT2D eigenvalue weighted by molar-refractivity contribution is 0.0205. The monoisotopic (exact) mass is 388 g/mol. The van der Waals surface area contributed by atoms with Crippen molar-refractivity contribution in [1.82, 2.24) is 9.88 Å². The van der Waals surface area contributed by atoms with E-state index in [4.69, 9.17) is 14.5 Å². The number of aryl methyl sites for hydroxylation is 1. The van der Waals surface area contributed by atoms with Crippen molar-refractivity contribution >= 4 is 17.4 Å². The number of hydrogen-bond donors (Lipinski definition) is 0. The first-order chi connectivity index (χ1) is 12.8. The first kappa shape index (κ1) is 19.7. The summed E-state index contributed by atoms with van der Waals surface area (Å²) in [4.78, 5) is 18.7. The van der Waals surface area contributed by atoms with E-state index in [-0.39, 0.29) is 6.09 Å². The van der Waals surface area contributed by atoms with Gasteiger partial charge in [-0.25, -0.2) is 9.78 Å². The van der Waals surface area contributed by atoms with Gasteiger partial charge in [-0.05, 0) is 52.7 Å². The molecule has 1 aliphatic heterocycles. The maximum Gasteiger partial charge on any atom is 0.410 e. The molecule has 0 radical (unpaired) electrons. The topological polar surface area (TPSA) is 51.7 Å². The fraction of sp³-hybridized carbons (Fsp3) is 0.524. The van der Waals surface area contributed by atoms with Crippen LogP contribution in [-0.4, -0.2) is 34.7 Å². The standard InChI is InChI=1S/C21H28N2O3S/c1-15-5-7-18(8-6-15)25-13-17-14-27-19(22-17)16-9-11-23(12-10-16)20(24)26-21(2,3)4/h5-8,14,16H,9-13H2,1-4H3. The lowest BCUT2D eigenvalue weighted by atomic mass is 9.98. The molecule has 0 bridgehead atoms. The Bertz CT molecular complexity index is 756. The van der Waals surface area contributed by atoms with Gasteiger partial charge in [0.15, 0.2) is 0 Å². The van der Waals surface area contributed by atoms with Crippen molar-refractivity contribution in [1.29, 1.82) is 0 Å². The summed E-state index contributed by atoms with van der Waals surface area (Å²) in [6, 6.07) is 8.05. The van der Waals surface area contributed by atoms with Gasteiger partial charge in [-0.2, -0.15) is 0 Å². The van der Waals surface area contributed by atoms with Crippen molar-refractivity contribution in [2.75, 3.05) is 13.1 Å². The number of aromatic nitrogens is 1. The van der Waals surface area contributed by atoms with Crippen molar-refractivity contribution in [3.63, 3.8) is 0 Å². The van der Waals surface area contributed by atoms with Crippen LogP contribution in [0.15, 0.2) is 29.6 Å². The van der Waals surface area contributed by atoms with Crippen LogP contribution < -0.4 is 4.74 Å². The smallest absolute Gasteiger partial charge is 0.410 e. The summed E-state index contributed by atoms with van der Waals surface area (Å²) in [6.07, 6.45) is 1.63. The molecule has 1 aromatic heterocycles. The van der Waals surface area contributed by atoms with Gasteiger partial charge < -0.3 is 14.4 Å². The van der Waals surface area contributed by atoms with Crippen molar-refractivity contribution in [2.45, 2.75) is 58.7 Å². The molecule has 2 heterocycles. The molecule has 27 heavy (non-hydrogen) atoms. The highest BCUT2D eigenvalue weighted by molar-refractivity contribution is 7.09. The molecule has 1 fully saturated rings. The molecule has 1 aliphatic rings. The van der Waals surface area contributed by atoms with E-state index in [1.807, 2.05) is 45.0 Å². The van der Waals surface area contributed by atoms with Crippen LogP contribution in [0.2, 0.25) is 0 Å². The summed E-state index contributed by atoms with van der Waals surface area (Å²) in [5, 5.41) is 3.21. The van der Waals surface area contributed by atoms with E-state index in [9.17, 15) is 4.79 Å². The molecule has 146 valence electrons. The minimum Gasteiger partial charge on any atom is -0.487 e. The van der Waals surface area contributed by atoms with Crippen LogP contribution in [0, 0.1) is 6.92 Å². The molecule has 2 aromatic rings. The number of thiazole rings is 1. The van der Waals surface area contributed by atoms with Gasteiger partial charge in [-0.15, -0.1) is 11.3 Å². The summed E-state index contributed by atoms with van der Waals surface area (Å²) < 4.78 is 11.3. The molecular formula is C21H28N2O3S. The number of carbonyl (C=O) groups excluding carboxylic acids is 1. The number of rotatable bonds is 4. The van der Waals surface area contributed by atoms with E-state index in [2.05, 4.69) is 12.3 Å². The van der Waals surface area contributed by atoms with Crippen molar-refractivity contribution in [2.24, 2.45) is 0 Å². The molecule has 0 atom stereocenters. The number of hydrogen-bond acceptors (Lipinski definition) is 5. The predicted molar refractivity (Wildman–Crippen MR) is 107 cm³/mol. The zero-order chi connectivity index (χ0) is 19.4. The van der Waals surface area contributed by atoms with Crippen LogP contribution in [0.3, 0.4) is 0 Å². The zero-order valence-corrected chi connectivity index (χ0v) is 17.3. The molecule has 0 saturated carbocycles. The summed E-state index contributed by atoms with van der Waals surface area (Å²) in [6.45, 7) is 9.66.